The zero-order valence-electron chi connectivity index (χ0n) is 9.90. The number of hydrogen-bond acceptors (Lipinski definition) is 4. The molecule has 0 saturated carbocycles. The zero-order chi connectivity index (χ0) is 13.0. The maximum Gasteiger partial charge on any atom is 0.238 e. The van der Waals surface area contributed by atoms with Gasteiger partial charge in [0.2, 0.25) is 11.8 Å². The number of aryl methyl sites for hydroxylation is 1. The molecule has 0 aliphatic heterocycles. The molecule has 1 rings (SSSR count). The summed E-state index contributed by atoms with van der Waals surface area (Å²) in [6.45, 7) is 3.59. The highest BCUT2D eigenvalue weighted by Gasteiger charge is 2.19. The number of furan rings is 1. The molecule has 0 spiro atoms. The van der Waals surface area contributed by atoms with Crippen molar-refractivity contribution in [1.82, 2.24) is 5.32 Å². The minimum absolute atomic E-state index is 0.171. The molecule has 1 aromatic heterocycles. The minimum atomic E-state index is -0.925. The van der Waals surface area contributed by atoms with E-state index in [1.165, 1.54) is 0 Å². The Labute approximate surface area is 99.3 Å². The fourth-order valence-electron chi connectivity index (χ4n) is 1.39. The van der Waals surface area contributed by atoms with Gasteiger partial charge in [-0.15, -0.1) is 0 Å². The molecule has 0 saturated heterocycles. The van der Waals surface area contributed by atoms with Crippen molar-refractivity contribution in [3.05, 3.63) is 23.7 Å². The molecule has 6 heteroatoms. The predicted molar refractivity (Wildman–Crippen MR) is 61.8 cm³/mol. The summed E-state index contributed by atoms with van der Waals surface area (Å²) >= 11 is 0. The Bertz CT molecular complexity index is 414. The summed E-state index contributed by atoms with van der Waals surface area (Å²) in [5.41, 5.74) is 10.5. The molecule has 2 atom stereocenters. The second-order valence-corrected chi connectivity index (χ2v) is 3.96. The topological polar surface area (TPSA) is 111 Å². The first-order chi connectivity index (χ1) is 7.90. The van der Waals surface area contributed by atoms with Crippen LogP contribution in [0.3, 0.4) is 0 Å². The molecule has 1 aromatic rings. The summed E-state index contributed by atoms with van der Waals surface area (Å²) in [6, 6.07) is 2.36. The Hall–Kier alpha value is -1.82. The summed E-state index contributed by atoms with van der Waals surface area (Å²) in [6.07, 6.45) is -0.171. The van der Waals surface area contributed by atoms with Crippen molar-refractivity contribution in [2.24, 2.45) is 11.5 Å². The van der Waals surface area contributed by atoms with E-state index >= 15 is 0 Å². The van der Waals surface area contributed by atoms with E-state index in [1.54, 1.807) is 19.1 Å². The van der Waals surface area contributed by atoms with Gasteiger partial charge in [0.25, 0.3) is 0 Å². The van der Waals surface area contributed by atoms with Crippen LogP contribution >= 0.6 is 0 Å². The molecular weight excluding hydrogens is 222 g/mol. The first-order valence-electron chi connectivity index (χ1n) is 5.30. The molecule has 2 unspecified atom stereocenters. The van der Waals surface area contributed by atoms with Crippen molar-refractivity contribution in [1.29, 1.82) is 0 Å². The molecule has 0 aliphatic carbocycles. The number of nitrogens with two attached hydrogens (primary N) is 2. The first-order valence-corrected chi connectivity index (χ1v) is 5.30. The molecule has 0 aliphatic rings. The van der Waals surface area contributed by atoms with Gasteiger partial charge in [-0.2, -0.15) is 0 Å². The summed E-state index contributed by atoms with van der Waals surface area (Å²) in [5, 5.41) is 2.65. The van der Waals surface area contributed by atoms with Gasteiger partial charge < -0.3 is 21.2 Å². The van der Waals surface area contributed by atoms with Gasteiger partial charge in [0, 0.05) is 0 Å². The molecule has 17 heavy (non-hydrogen) atoms. The van der Waals surface area contributed by atoms with Crippen molar-refractivity contribution in [2.45, 2.75) is 32.4 Å². The van der Waals surface area contributed by atoms with Crippen LogP contribution in [0.5, 0.6) is 0 Å². The lowest BCUT2D eigenvalue weighted by molar-refractivity contribution is -0.126. The van der Waals surface area contributed by atoms with Gasteiger partial charge in [-0.1, -0.05) is 0 Å². The van der Waals surface area contributed by atoms with Crippen LogP contribution in [0.15, 0.2) is 16.5 Å². The highest BCUT2D eigenvalue weighted by molar-refractivity contribution is 5.87. The number of primary amides is 1. The van der Waals surface area contributed by atoms with E-state index in [-0.39, 0.29) is 12.5 Å². The molecule has 0 radical (unpaired) electrons. The zero-order valence-corrected chi connectivity index (χ0v) is 9.90. The lowest BCUT2D eigenvalue weighted by atomic mass is 10.1. The maximum absolute atomic E-state index is 11.6. The fourth-order valence-corrected chi connectivity index (χ4v) is 1.39. The number of hydrogen-bond donors (Lipinski definition) is 3. The van der Waals surface area contributed by atoms with Crippen LogP contribution in [0.2, 0.25) is 0 Å². The molecule has 1 heterocycles. The van der Waals surface area contributed by atoms with Crippen LogP contribution in [-0.4, -0.2) is 17.9 Å². The minimum Gasteiger partial charge on any atom is -0.464 e. The summed E-state index contributed by atoms with van der Waals surface area (Å²) < 4.78 is 5.36. The van der Waals surface area contributed by atoms with Crippen molar-refractivity contribution in [3.8, 4) is 0 Å². The largest absolute Gasteiger partial charge is 0.464 e. The van der Waals surface area contributed by atoms with Gasteiger partial charge in [0.05, 0.1) is 18.5 Å². The number of amides is 2. The highest BCUT2D eigenvalue weighted by Crippen LogP contribution is 2.15. The monoisotopic (exact) mass is 239 g/mol. The van der Waals surface area contributed by atoms with Gasteiger partial charge in [-0.25, -0.2) is 0 Å². The SMILES string of the molecule is Cc1ccc(C(C)NC(=O)C(N)CC(N)=O)o1. The maximum atomic E-state index is 11.6. The lowest BCUT2D eigenvalue weighted by Gasteiger charge is -2.15. The normalized spacial score (nSPS) is 14.1. The molecule has 6 nitrogen and oxygen atoms in total. The second kappa shape index (κ2) is 5.49. The quantitative estimate of drug-likeness (QED) is 0.669. The van der Waals surface area contributed by atoms with E-state index in [0.717, 1.165) is 5.76 Å². The van der Waals surface area contributed by atoms with Crippen LogP contribution in [0.4, 0.5) is 0 Å². The Morgan fingerprint density at radius 1 is 1.47 bits per heavy atom. The average molecular weight is 239 g/mol. The summed E-state index contributed by atoms with van der Waals surface area (Å²) in [7, 11) is 0. The Balaban J connectivity index is 2.53. The third kappa shape index (κ3) is 3.92. The van der Waals surface area contributed by atoms with Crippen molar-refractivity contribution < 1.29 is 14.0 Å². The molecule has 2 amide bonds. The Morgan fingerprint density at radius 2 is 2.12 bits per heavy atom. The van der Waals surface area contributed by atoms with E-state index < -0.39 is 17.9 Å². The third-order valence-corrected chi connectivity index (χ3v) is 2.30. The number of nitrogens with one attached hydrogen (secondary N) is 1. The molecular formula is C11H17N3O3. The van der Waals surface area contributed by atoms with Gasteiger partial charge in [0.15, 0.2) is 0 Å². The van der Waals surface area contributed by atoms with Crippen LogP contribution < -0.4 is 16.8 Å². The van der Waals surface area contributed by atoms with Gasteiger partial charge in [0.1, 0.15) is 11.5 Å². The van der Waals surface area contributed by atoms with E-state index in [4.69, 9.17) is 15.9 Å². The second-order valence-electron chi connectivity index (χ2n) is 3.96. The van der Waals surface area contributed by atoms with Crippen molar-refractivity contribution in [3.63, 3.8) is 0 Å². The molecule has 0 fully saturated rings. The van der Waals surface area contributed by atoms with Gasteiger partial charge in [-0.05, 0) is 26.0 Å². The van der Waals surface area contributed by atoms with Crippen molar-refractivity contribution >= 4 is 11.8 Å². The van der Waals surface area contributed by atoms with E-state index in [0.29, 0.717) is 5.76 Å². The van der Waals surface area contributed by atoms with Crippen LogP contribution in [0.1, 0.15) is 30.9 Å². The van der Waals surface area contributed by atoms with Gasteiger partial charge >= 0.3 is 0 Å². The lowest BCUT2D eigenvalue weighted by Crippen LogP contribution is -2.43. The number of rotatable bonds is 5. The Kier molecular flexibility index (Phi) is 4.28. The molecule has 5 N–H and O–H groups in total. The molecule has 0 aromatic carbocycles. The van der Waals surface area contributed by atoms with Gasteiger partial charge in [-0.3, -0.25) is 9.59 Å². The van der Waals surface area contributed by atoms with E-state index in [2.05, 4.69) is 5.32 Å². The molecule has 0 bridgehead atoms. The number of carbonyl (C=O) groups is 2. The Morgan fingerprint density at radius 3 is 2.59 bits per heavy atom. The highest BCUT2D eigenvalue weighted by atomic mass is 16.3. The first kappa shape index (κ1) is 13.2. The van der Waals surface area contributed by atoms with Crippen LogP contribution in [0.25, 0.3) is 0 Å². The standard InChI is InChI=1S/C11H17N3O3/c1-6-3-4-9(17-6)7(2)14-11(16)8(12)5-10(13)15/h3-4,7-8H,5,12H2,1-2H3,(H2,13,15)(H,14,16). The number of carbonyl (C=O) groups excluding carboxylic acids is 2. The summed E-state index contributed by atoms with van der Waals surface area (Å²) in [5.74, 6) is 0.379. The van der Waals surface area contributed by atoms with Crippen LogP contribution in [-0.2, 0) is 9.59 Å². The summed E-state index contributed by atoms with van der Waals surface area (Å²) in [4.78, 5) is 22.2. The molecule has 94 valence electrons. The third-order valence-electron chi connectivity index (χ3n) is 2.30. The predicted octanol–water partition coefficient (Wildman–Crippen LogP) is -0.0321. The fraction of sp³-hybridized carbons (Fsp3) is 0.455. The van der Waals surface area contributed by atoms with Crippen LogP contribution in [0, 0.1) is 6.92 Å². The average Bonchev–Trinajstić information content (AvgIpc) is 2.63. The van der Waals surface area contributed by atoms with Crippen molar-refractivity contribution in [2.75, 3.05) is 0 Å². The smallest absolute Gasteiger partial charge is 0.238 e. The van der Waals surface area contributed by atoms with E-state index in [9.17, 15) is 9.59 Å². The van der Waals surface area contributed by atoms with E-state index in [1.807, 2.05) is 6.92 Å².